The summed E-state index contributed by atoms with van der Waals surface area (Å²) in [6.45, 7) is 3.41. The maximum atomic E-state index is 11.7. The van der Waals surface area contributed by atoms with Crippen LogP contribution in [0, 0.1) is 0 Å². The highest BCUT2D eigenvalue weighted by molar-refractivity contribution is 5.96. The molecule has 0 aromatic rings. The molecule has 5 heteroatoms. The van der Waals surface area contributed by atoms with Gasteiger partial charge in [-0.15, -0.1) is 0 Å². The molecule has 2 aliphatic carbocycles. The lowest BCUT2D eigenvalue weighted by Gasteiger charge is -2.14. The Morgan fingerprint density at radius 3 is 2.33 bits per heavy atom. The molecule has 0 unspecified atom stereocenters. The Hall–Kier alpha value is -2.14. The van der Waals surface area contributed by atoms with E-state index in [-0.39, 0.29) is 12.3 Å². The van der Waals surface area contributed by atoms with Crippen molar-refractivity contribution in [2.75, 3.05) is 13.1 Å². The molecule has 0 radical (unpaired) electrons. The van der Waals surface area contributed by atoms with Crippen LogP contribution in [0.15, 0.2) is 35.9 Å². The normalized spacial score (nSPS) is 14.3. The fourth-order valence-electron chi connectivity index (χ4n) is 2.23. The largest absolute Gasteiger partial charge is 0.335 e. The van der Waals surface area contributed by atoms with Crippen molar-refractivity contribution >= 4 is 11.8 Å². The quantitative estimate of drug-likeness (QED) is 0.654. The van der Waals surface area contributed by atoms with Crippen LogP contribution in [0.4, 0.5) is 0 Å². The van der Waals surface area contributed by atoms with E-state index in [1.165, 1.54) is 11.1 Å². The number of hydrogen-bond donors (Lipinski definition) is 2. The summed E-state index contributed by atoms with van der Waals surface area (Å²) in [5, 5.41) is 8.30. The SMILES string of the molecule is CCCN1CC=C(CCC(=O)NO)C1=O.c1cc2ccc1-2. The van der Waals surface area contributed by atoms with Gasteiger partial charge in [0.2, 0.25) is 11.8 Å². The lowest BCUT2D eigenvalue weighted by molar-refractivity contribution is -0.129. The highest BCUT2D eigenvalue weighted by Crippen LogP contribution is 2.29. The van der Waals surface area contributed by atoms with Gasteiger partial charge in [-0.2, -0.15) is 0 Å². The molecule has 3 rings (SSSR count). The van der Waals surface area contributed by atoms with E-state index < -0.39 is 5.91 Å². The fourth-order valence-corrected chi connectivity index (χ4v) is 2.23. The summed E-state index contributed by atoms with van der Waals surface area (Å²) < 4.78 is 0. The Bertz CT molecular complexity index is 528. The third kappa shape index (κ3) is 3.70. The van der Waals surface area contributed by atoms with Crippen LogP contribution in [0.2, 0.25) is 0 Å². The standard InChI is InChI=1S/C10H16N2O3.C6H4/c1-2-6-12-7-5-8(10(12)14)3-4-9(13)11-15;1-2-6-4-3-5(1)6/h5,15H,2-4,6-7H2,1H3,(H,11,13);1-4H. The van der Waals surface area contributed by atoms with E-state index >= 15 is 0 Å². The van der Waals surface area contributed by atoms with Gasteiger partial charge in [0.15, 0.2) is 0 Å². The van der Waals surface area contributed by atoms with Crippen molar-refractivity contribution < 1.29 is 14.8 Å². The number of hydroxylamine groups is 1. The van der Waals surface area contributed by atoms with Crippen LogP contribution in [0.5, 0.6) is 0 Å². The molecule has 21 heavy (non-hydrogen) atoms. The summed E-state index contributed by atoms with van der Waals surface area (Å²) in [6, 6.07) is 8.48. The van der Waals surface area contributed by atoms with Crippen molar-refractivity contribution in [3.05, 3.63) is 35.9 Å². The first-order chi connectivity index (χ1) is 10.2. The van der Waals surface area contributed by atoms with Crippen LogP contribution in [-0.4, -0.2) is 35.0 Å². The van der Waals surface area contributed by atoms with Crippen LogP contribution in [0.25, 0.3) is 11.1 Å². The lowest BCUT2D eigenvalue weighted by Crippen LogP contribution is -2.28. The zero-order chi connectivity index (χ0) is 15.2. The third-order valence-electron chi connectivity index (χ3n) is 3.58. The van der Waals surface area contributed by atoms with Gasteiger partial charge >= 0.3 is 0 Å². The van der Waals surface area contributed by atoms with Crippen molar-refractivity contribution in [1.82, 2.24) is 10.4 Å². The molecule has 1 heterocycles. The maximum Gasteiger partial charge on any atom is 0.249 e. The van der Waals surface area contributed by atoms with Crippen molar-refractivity contribution in [2.24, 2.45) is 0 Å². The summed E-state index contributed by atoms with van der Waals surface area (Å²) in [4.78, 5) is 24.2. The monoisotopic (exact) mass is 288 g/mol. The molecule has 0 aromatic carbocycles. The molecule has 0 saturated heterocycles. The predicted molar refractivity (Wildman–Crippen MR) is 79.6 cm³/mol. The number of fused-ring (bicyclic) bond motifs is 1. The first-order valence-corrected chi connectivity index (χ1v) is 7.17. The van der Waals surface area contributed by atoms with Crippen molar-refractivity contribution in [2.45, 2.75) is 26.2 Å². The average Bonchev–Trinajstić information content (AvgIpc) is 2.82. The molecule has 3 aliphatic rings. The van der Waals surface area contributed by atoms with E-state index in [2.05, 4.69) is 24.3 Å². The van der Waals surface area contributed by atoms with Gasteiger partial charge in [-0.25, -0.2) is 5.48 Å². The molecule has 0 spiro atoms. The number of carbonyl (C=O) groups excluding carboxylic acids is 2. The molecular weight excluding hydrogens is 268 g/mol. The van der Waals surface area contributed by atoms with Crippen molar-refractivity contribution in [3.63, 3.8) is 0 Å². The number of nitrogens with one attached hydrogen (secondary N) is 1. The third-order valence-corrected chi connectivity index (χ3v) is 3.58. The van der Waals surface area contributed by atoms with Gasteiger partial charge in [-0.3, -0.25) is 14.8 Å². The number of amides is 2. The van der Waals surface area contributed by atoms with Crippen LogP contribution < -0.4 is 5.48 Å². The summed E-state index contributed by atoms with van der Waals surface area (Å²) >= 11 is 0. The van der Waals surface area contributed by atoms with Gasteiger partial charge in [0.05, 0.1) is 0 Å². The molecule has 112 valence electrons. The first-order valence-electron chi connectivity index (χ1n) is 7.17. The number of rotatable bonds is 5. The molecular formula is C16H20N2O3. The molecule has 0 fully saturated rings. The van der Waals surface area contributed by atoms with E-state index in [0.717, 1.165) is 13.0 Å². The fraction of sp³-hybridized carbons (Fsp3) is 0.375. The van der Waals surface area contributed by atoms with E-state index in [0.29, 0.717) is 18.5 Å². The van der Waals surface area contributed by atoms with Gasteiger partial charge in [0.25, 0.3) is 0 Å². The van der Waals surface area contributed by atoms with Gasteiger partial charge in [-0.05, 0) is 24.0 Å². The molecule has 0 aromatic heterocycles. The predicted octanol–water partition coefficient (Wildman–Crippen LogP) is 2.12. The highest BCUT2D eigenvalue weighted by atomic mass is 16.5. The summed E-state index contributed by atoms with van der Waals surface area (Å²) in [7, 11) is 0. The first kappa shape index (κ1) is 15.3. The van der Waals surface area contributed by atoms with Gasteiger partial charge in [-0.1, -0.05) is 37.3 Å². The van der Waals surface area contributed by atoms with Crippen LogP contribution in [0.1, 0.15) is 26.2 Å². The lowest BCUT2D eigenvalue weighted by atomic mass is 9.95. The van der Waals surface area contributed by atoms with Gasteiger partial charge in [0.1, 0.15) is 0 Å². The second kappa shape index (κ2) is 7.04. The minimum absolute atomic E-state index is 0.0163. The zero-order valence-corrected chi connectivity index (χ0v) is 12.1. The highest BCUT2D eigenvalue weighted by Gasteiger charge is 2.22. The van der Waals surface area contributed by atoms with Crippen molar-refractivity contribution in [1.29, 1.82) is 0 Å². The van der Waals surface area contributed by atoms with Gasteiger partial charge in [0, 0.05) is 25.1 Å². The molecule has 0 saturated carbocycles. The number of carbonyl (C=O) groups is 2. The number of nitrogens with zero attached hydrogens (tertiary/aromatic N) is 1. The Balaban J connectivity index is 0.000000218. The Kier molecular flexibility index (Phi) is 5.11. The average molecular weight is 288 g/mol. The topological polar surface area (TPSA) is 69.6 Å². The molecule has 1 aliphatic heterocycles. The summed E-state index contributed by atoms with van der Waals surface area (Å²) in [6.07, 6.45) is 3.33. The van der Waals surface area contributed by atoms with E-state index in [1.54, 1.807) is 10.4 Å². The molecule has 5 nitrogen and oxygen atoms in total. The smallest absolute Gasteiger partial charge is 0.249 e. The van der Waals surface area contributed by atoms with Crippen LogP contribution >= 0.6 is 0 Å². The molecule has 0 atom stereocenters. The van der Waals surface area contributed by atoms with E-state index in [4.69, 9.17) is 5.21 Å². The Morgan fingerprint density at radius 2 is 1.90 bits per heavy atom. The minimum atomic E-state index is -0.461. The number of hydrogen-bond acceptors (Lipinski definition) is 3. The summed E-state index contributed by atoms with van der Waals surface area (Å²) in [5.41, 5.74) is 5.07. The minimum Gasteiger partial charge on any atom is -0.335 e. The number of benzene rings is 1. The molecule has 2 amide bonds. The molecule has 2 N–H and O–H groups in total. The Labute approximate surface area is 124 Å². The van der Waals surface area contributed by atoms with Gasteiger partial charge < -0.3 is 4.90 Å². The molecule has 0 bridgehead atoms. The maximum absolute atomic E-state index is 11.7. The second-order valence-corrected chi connectivity index (χ2v) is 5.09. The Morgan fingerprint density at radius 1 is 1.29 bits per heavy atom. The van der Waals surface area contributed by atoms with Crippen LogP contribution in [0.3, 0.4) is 0 Å². The van der Waals surface area contributed by atoms with E-state index in [9.17, 15) is 9.59 Å². The summed E-state index contributed by atoms with van der Waals surface area (Å²) in [5.74, 6) is -0.444. The zero-order valence-electron chi connectivity index (χ0n) is 12.1. The van der Waals surface area contributed by atoms with Crippen molar-refractivity contribution in [3.8, 4) is 11.1 Å². The van der Waals surface area contributed by atoms with E-state index in [1.807, 2.05) is 13.0 Å². The van der Waals surface area contributed by atoms with Crippen LogP contribution in [-0.2, 0) is 9.59 Å². The second-order valence-electron chi connectivity index (χ2n) is 5.09.